The molecule has 0 saturated carbocycles. The number of fused-ring (bicyclic) bond motifs is 1. The largest absolute Gasteiger partial charge is 0.493 e. The van der Waals surface area contributed by atoms with Crippen LogP contribution < -0.4 is 9.47 Å². The summed E-state index contributed by atoms with van der Waals surface area (Å²) in [5, 5.41) is 0.711. The first-order valence-corrected chi connectivity index (χ1v) is 8.88. The Morgan fingerprint density at radius 2 is 1.81 bits per heavy atom. The summed E-state index contributed by atoms with van der Waals surface area (Å²) >= 11 is 6.20. The third-order valence-corrected chi connectivity index (χ3v) is 4.56. The molecule has 0 N–H and O–H groups in total. The van der Waals surface area contributed by atoms with Crippen molar-refractivity contribution >= 4 is 22.6 Å². The normalized spacial score (nSPS) is 11.1. The maximum atomic E-state index is 6.20. The minimum absolute atomic E-state index is 0.694. The highest BCUT2D eigenvalue weighted by Gasteiger charge is 2.13. The highest BCUT2D eigenvalue weighted by Crippen LogP contribution is 2.29. The van der Waals surface area contributed by atoms with Gasteiger partial charge in [-0.05, 0) is 42.3 Å². The summed E-state index contributed by atoms with van der Waals surface area (Å²) in [6.45, 7) is 1.53. The van der Waals surface area contributed by atoms with Crippen molar-refractivity contribution in [2.45, 2.75) is 19.4 Å². The summed E-state index contributed by atoms with van der Waals surface area (Å²) in [6, 6.07) is 11.7. The number of benzene rings is 2. The first-order chi connectivity index (χ1) is 12.7. The highest BCUT2D eigenvalue weighted by molar-refractivity contribution is 6.31. The number of aryl methyl sites for hydroxylation is 1. The van der Waals surface area contributed by atoms with E-state index in [9.17, 15) is 0 Å². The fourth-order valence-corrected chi connectivity index (χ4v) is 3.24. The predicted molar refractivity (Wildman–Crippen MR) is 104 cm³/mol. The molecule has 0 unspecified atom stereocenters. The fraction of sp³-hybridized carbons (Fsp3) is 0.350. The maximum Gasteiger partial charge on any atom is 0.161 e. The van der Waals surface area contributed by atoms with Crippen molar-refractivity contribution in [3.05, 3.63) is 52.8 Å². The number of imidazole rings is 1. The lowest BCUT2D eigenvalue weighted by molar-refractivity contribution is 0.190. The van der Waals surface area contributed by atoms with Crippen LogP contribution in [0.4, 0.5) is 0 Å². The Hall–Kier alpha value is -2.24. The Bertz CT molecular complexity index is 892. The number of ether oxygens (including phenoxy) is 3. The Kier molecular flexibility index (Phi) is 6.01. The van der Waals surface area contributed by atoms with Crippen LogP contribution in [0.2, 0.25) is 5.02 Å². The molecule has 3 rings (SSSR count). The Labute approximate surface area is 158 Å². The molecule has 0 bridgehead atoms. The van der Waals surface area contributed by atoms with Gasteiger partial charge in [-0.1, -0.05) is 17.7 Å². The molecule has 0 saturated heterocycles. The quantitative estimate of drug-likeness (QED) is 0.550. The van der Waals surface area contributed by atoms with E-state index in [4.69, 9.17) is 30.8 Å². The van der Waals surface area contributed by atoms with Crippen LogP contribution in [0.15, 0.2) is 36.4 Å². The number of halogens is 1. The zero-order valence-corrected chi connectivity index (χ0v) is 16.0. The lowest BCUT2D eigenvalue weighted by atomic mass is 10.1. The van der Waals surface area contributed by atoms with Gasteiger partial charge in [0, 0.05) is 31.7 Å². The van der Waals surface area contributed by atoms with E-state index in [2.05, 4.69) is 4.57 Å². The zero-order valence-electron chi connectivity index (χ0n) is 15.3. The van der Waals surface area contributed by atoms with Gasteiger partial charge in [0.05, 0.1) is 25.3 Å². The highest BCUT2D eigenvalue weighted by atomic mass is 35.5. The van der Waals surface area contributed by atoms with Gasteiger partial charge in [-0.2, -0.15) is 0 Å². The number of hydrogen-bond acceptors (Lipinski definition) is 4. The summed E-state index contributed by atoms with van der Waals surface area (Å²) < 4.78 is 18.1. The third-order valence-electron chi connectivity index (χ3n) is 4.33. The molecule has 138 valence electrons. The summed E-state index contributed by atoms with van der Waals surface area (Å²) in [7, 11) is 4.99. The van der Waals surface area contributed by atoms with E-state index in [-0.39, 0.29) is 0 Å². The molecule has 2 aromatic carbocycles. The summed E-state index contributed by atoms with van der Waals surface area (Å²) in [4.78, 5) is 4.82. The molecular weight excluding hydrogens is 352 g/mol. The second-order valence-electron chi connectivity index (χ2n) is 6.03. The summed E-state index contributed by atoms with van der Waals surface area (Å²) in [6.07, 6.45) is 1.60. The molecule has 0 fully saturated rings. The van der Waals surface area contributed by atoms with Gasteiger partial charge in [0.2, 0.25) is 0 Å². The van der Waals surface area contributed by atoms with Gasteiger partial charge in [0.25, 0.3) is 0 Å². The van der Waals surface area contributed by atoms with Crippen LogP contribution in [0.1, 0.15) is 17.8 Å². The zero-order chi connectivity index (χ0) is 18.5. The van der Waals surface area contributed by atoms with Crippen LogP contribution >= 0.6 is 11.6 Å². The minimum Gasteiger partial charge on any atom is -0.493 e. The van der Waals surface area contributed by atoms with Crippen molar-refractivity contribution in [3.63, 3.8) is 0 Å². The van der Waals surface area contributed by atoms with E-state index in [1.165, 1.54) is 0 Å². The molecule has 0 atom stereocenters. The summed E-state index contributed by atoms with van der Waals surface area (Å²) in [5.74, 6) is 2.43. The molecule has 1 aromatic heterocycles. The van der Waals surface area contributed by atoms with E-state index in [1.807, 2.05) is 36.4 Å². The van der Waals surface area contributed by atoms with Crippen LogP contribution in [0.3, 0.4) is 0 Å². The molecule has 0 aliphatic heterocycles. The van der Waals surface area contributed by atoms with Gasteiger partial charge in [0.1, 0.15) is 5.82 Å². The molecule has 0 spiro atoms. The fourth-order valence-electron chi connectivity index (χ4n) is 3.07. The van der Waals surface area contributed by atoms with Crippen LogP contribution in [0.5, 0.6) is 11.5 Å². The van der Waals surface area contributed by atoms with Crippen molar-refractivity contribution < 1.29 is 14.2 Å². The van der Waals surface area contributed by atoms with Crippen LogP contribution in [0, 0.1) is 0 Å². The number of hydrogen-bond donors (Lipinski definition) is 0. The Morgan fingerprint density at radius 3 is 2.54 bits per heavy atom. The average molecular weight is 375 g/mol. The van der Waals surface area contributed by atoms with Crippen molar-refractivity contribution in [2.75, 3.05) is 27.9 Å². The van der Waals surface area contributed by atoms with Crippen molar-refractivity contribution in [1.82, 2.24) is 9.55 Å². The predicted octanol–water partition coefficient (Wildman–Crippen LogP) is 4.33. The topological polar surface area (TPSA) is 45.5 Å². The molecule has 3 aromatic rings. The minimum atomic E-state index is 0.694. The van der Waals surface area contributed by atoms with E-state index < -0.39 is 0 Å². The van der Waals surface area contributed by atoms with E-state index in [1.54, 1.807) is 21.3 Å². The van der Waals surface area contributed by atoms with Gasteiger partial charge >= 0.3 is 0 Å². The molecule has 6 heteroatoms. The first kappa shape index (κ1) is 18.5. The van der Waals surface area contributed by atoms with Crippen LogP contribution in [-0.4, -0.2) is 37.5 Å². The lowest BCUT2D eigenvalue weighted by Crippen LogP contribution is -2.07. The van der Waals surface area contributed by atoms with Crippen molar-refractivity contribution in [3.8, 4) is 11.5 Å². The van der Waals surface area contributed by atoms with Crippen molar-refractivity contribution in [1.29, 1.82) is 0 Å². The molecule has 0 radical (unpaired) electrons. The molecule has 1 heterocycles. The molecule has 0 amide bonds. The molecular formula is C20H23ClN2O3. The van der Waals surface area contributed by atoms with E-state index >= 15 is 0 Å². The summed E-state index contributed by atoms with van der Waals surface area (Å²) in [5.41, 5.74) is 3.10. The number of methoxy groups -OCH3 is 3. The van der Waals surface area contributed by atoms with Gasteiger partial charge in [-0.25, -0.2) is 4.98 Å². The number of aromatic nitrogens is 2. The van der Waals surface area contributed by atoms with Crippen LogP contribution in [0.25, 0.3) is 11.0 Å². The standard InChI is InChI=1S/C20H23ClN2O3/c1-24-10-4-9-23-17-13-15(21)6-7-16(17)22-20(23)12-14-5-8-18(25-2)19(11-14)26-3/h5-8,11,13H,4,9-10,12H2,1-3H3. The maximum absolute atomic E-state index is 6.20. The third kappa shape index (κ3) is 3.94. The smallest absolute Gasteiger partial charge is 0.161 e. The number of rotatable bonds is 8. The van der Waals surface area contributed by atoms with Crippen LogP contribution in [-0.2, 0) is 17.7 Å². The van der Waals surface area contributed by atoms with E-state index in [0.717, 1.165) is 46.9 Å². The average Bonchev–Trinajstić information content (AvgIpc) is 2.98. The van der Waals surface area contributed by atoms with Gasteiger partial charge in [0.15, 0.2) is 11.5 Å². The van der Waals surface area contributed by atoms with Gasteiger partial charge in [-0.3, -0.25) is 0 Å². The second-order valence-corrected chi connectivity index (χ2v) is 6.46. The van der Waals surface area contributed by atoms with Gasteiger partial charge < -0.3 is 18.8 Å². The van der Waals surface area contributed by atoms with Crippen molar-refractivity contribution in [2.24, 2.45) is 0 Å². The Morgan fingerprint density at radius 1 is 1.00 bits per heavy atom. The molecule has 0 aliphatic rings. The Balaban J connectivity index is 1.97. The number of nitrogens with zero attached hydrogens (tertiary/aromatic N) is 2. The first-order valence-electron chi connectivity index (χ1n) is 8.50. The van der Waals surface area contributed by atoms with Gasteiger partial charge in [-0.15, -0.1) is 0 Å². The SMILES string of the molecule is COCCCn1c(Cc2ccc(OC)c(OC)c2)nc2ccc(Cl)cc21. The molecule has 26 heavy (non-hydrogen) atoms. The second kappa shape index (κ2) is 8.43. The molecule has 0 aliphatic carbocycles. The lowest BCUT2D eigenvalue weighted by Gasteiger charge is -2.11. The molecule has 5 nitrogen and oxygen atoms in total. The monoisotopic (exact) mass is 374 g/mol. The van der Waals surface area contributed by atoms with E-state index in [0.29, 0.717) is 18.1 Å².